The van der Waals surface area contributed by atoms with Crippen molar-refractivity contribution in [2.45, 2.75) is 43.7 Å². The molecule has 1 atom stereocenters. The number of hydrogen-bond donors (Lipinski definition) is 2. The lowest BCUT2D eigenvalue weighted by Crippen LogP contribution is -2.67. The largest absolute Gasteiger partial charge is 0.497 e. The summed E-state index contributed by atoms with van der Waals surface area (Å²) < 4.78 is 5.48. The number of methoxy groups -OCH3 is 1. The van der Waals surface area contributed by atoms with Gasteiger partial charge in [0.05, 0.1) is 18.2 Å². The van der Waals surface area contributed by atoms with E-state index in [0.29, 0.717) is 0 Å². The summed E-state index contributed by atoms with van der Waals surface area (Å²) in [6.07, 6.45) is 15.6. The van der Waals surface area contributed by atoms with Gasteiger partial charge in [0, 0.05) is 23.7 Å². The summed E-state index contributed by atoms with van der Waals surface area (Å²) in [5.74, 6) is 0.970. The maximum atomic E-state index is 5.48. The molecule has 0 saturated carbocycles. The molecular weight excluding hydrogens is 274 g/mol. The molecule has 3 heterocycles. The fourth-order valence-corrected chi connectivity index (χ4v) is 4.24. The monoisotopic (exact) mass is 299 g/mol. The van der Waals surface area contributed by atoms with Gasteiger partial charge in [0.15, 0.2) is 0 Å². The third kappa shape index (κ3) is 1.86. The van der Waals surface area contributed by atoms with Crippen molar-refractivity contribution in [2.24, 2.45) is 0 Å². The van der Waals surface area contributed by atoms with Gasteiger partial charge < -0.3 is 20.3 Å². The highest BCUT2D eigenvalue weighted by Gasteiger charge is 2.51. The second kappa shape index (κ2) is 4.92. The standard InChI is InChI=1S/C18H25N3O/c1-17-7-6-14(22-2)13-15(17)20-18(8-10-19-11-9-18)16-5-3-4-12-21(16)17/h4-6,12-13,19-20H,3,7-11H2,1-2H3. The first-order chi connectivity index (χ1) is 10.7. The van der Waals surface area contributed by atoms with Crippen LogP contribution in [-0.2, 0) is 4.74 Å². The molecule has 1 unspecified atom stereocenters. The molecule has 4 nitrogen and oxygen atoms in total. The molecule has 4 heteroatoms. The number of hydrogen-bond acceptors (Lipinski definition) is 4. The molecule has 0 aromatic carbocycles. The van der Waals surface area contributed by atoms with Crippen molar-refractivity contribution >= 4 is 0 Å². The predicted molar refractivity (Wildman–Crippen MR) is 87.8 cm³/mol. The molecule has 4 rings (SSSR count). The summed E-state index contributed by atoms with van der Waals surface area (Å²) in [5, 5.41) is 7.43. The Morgan fingerprint density at radius 1 is 1.23 bits per heavy atom. The third-order valence-electron chi connectivity index (χ3n) is 5.62. The average Bonchev–Trinajstić information content (AvgIpc) is 2.57. The molecule has 118 valence electrons. The molecular formula is C18H25N3O. The van der Waals surface area contributed by atoms with E-state index < -0.39 is 0 Å². The van der Waals surface area contributed by atoms with Crippen molar-refractivity contribution < 1.29 is 4.74 Å². The molecule has 0 aromatic heterocycles. The van der Waals surface area contributed by atoms with Gasteiger partial charge in [0.25, 0.3) is 0 Å². The molecule has 0 radical (unpaired) electrons. The van der Waals surface area contributed by atoms with Gasteiger partial charge in [0.1, 0.15) is 5.76 Å². The van der Waals surface area contributed by atoms with E-state index in [9.17, 15) is 0 Å². The van der Waals surface area contributed by atoms with Crippen LogP contribution in [0.25, 0.3) is 0 Å². The topological polar surface area (TPSA) is 36.5 Å². The van der Waals surface area contributed by atoms with Gasteiger partial charge in [-0.15, -0.1) is 0 Å². The van der Waals surface area contributed by atoms with Crippen LogP contribution in [0.15, 0.2) is 47.7 Å². The zero-order chi connectivity index (χ0) is 15.2. The quantitative estimate of drug-likeness (QED) is 0.779. The summed E-state index contributed by atoms with van der Waals surface area (Å²) >= 11 is 0. The summed E-state index contributed by atoms with van der Waals surface area (Å²) in [7, 11) is 1.75. The Hall–Kier alpha value is -1.68. The second-order valence-corrected chi connectivity index (χ2v) is 6.88. The van der Waals surface area contributed by atoms with Crippen LogP contribution in [0, 0.1) is 0 Å². The van der Waals surface area contributed by atoms with Crippen LogP contribution >= 0.6 is 0 Å². The molecule has 0 aromatic rings. The van der Waals surface area contributed by atoms with E-state index in [1.54, 1.807) is 7.11 Å². The van der Waals surface area contributed by atoms with E-state index >= 15 is 0 Å². The average molecular weight is 299 g/mol. The molecule has 4 aliphatic rings. The van der Waals surface area contributed by atoms with Crippen molar-refractivity contribution in [3.8, 4) is 0 Å². The van der Waals surface area contributed by atoms with Gasteiger partial charge in [-0.25, -0.2) is 0 Å². The van der Waals surface area contributed by atoms with E-state index in [4.69, 9.17) is 4.74 Å². The molecule has 2 fully saturated rings. The minimum absolute atomic E-state index is 0.0269. The maximum Gasteiger partial charge on any atom is 0.116 e. The Kier molecular flexibility index (Phi) is 3.12. The number of nitrogens with zero attached hydrogens (tertiary/aromatic N) is 1. The smallest absolute Gasteiger partial charge is 0.116 e. The van der Waals surface area contributed by atoms with Gasteiger partial charge in [-0.3, -0.25) is 0 Å². The molecule has 1 aliphatic carbocycles. The summed E-state index contributed by atoms with van der Waals surface area (Å²) in [6, 6.07) is 0. The van der Waals surface area contributed by atoms with Crippen LogP contribution in [-0.4, -0.2) is 36.2 Å². The van der Waals surface area contributed by atoms with Crippen LogP contribution in [0.4, 0.5) is 0 Å². The van der Waals surface area contributed by atoms with Gasteiger partial charge in [0.2, 0.25) is 0 Å². The lowest BCUT2D eigenvalue weighted by atomic mass is 9.74. The Bertz CT molecular complexity index is 595. The highest BCUT2D eigenvalue weighted by atomic mass is 16.5. The summed E-state index contributed by atoms with van der Waals surface area (Å²) in [4.78, 5) is 2.51. The van der Waals surface area contributed by atoms with Crippen LogP contribution in [0.1, 0.15) is 32.6 Å². The van der Waals surface area contributed by atoms with Crippen molar-refractivity contribution in [2.75, 3.05) is 20.2 Å². The van der Waals surface area contributed by atoms with E-state index in [1.807, 2.05) is 0 Å². The number of fused-ring (bicyclic) bond motifs is 4. The highest BCUT2D eigenvalue weighted by molar-refractivity contribution is 5.44. The Balaban J connectivity index is 1.80. The zero-order valence-corrected chi connectivity index (χ0v) is 13.5. The normalized spacial score (nSPS) is 32.3. The predicted octanol–water partition coefficient (Wildman–Crippen LogP) is 2.39. The fraction of sp³-hybridized carbons (Fsp3) is 0.556. The van der Waals surface area contributed by atoms with E-state index in [1.165, 1.54) is 11.4 Å². The number of rotatable bonds is 1. The summed E-state index contributed by atoms with van der Waals surface area (Å²) in [6.45, 7) is 4.46. The minimum atomic E-state index is -0.0269. The van der Waals surface area contributed by atoms with Gasteiger partial charge in [-0.05, 0) is 51.8 Å². The van der Waals surface area contributed by atoms with Gasteiger partial charge >= 0.3 is 0 Å². The van der Waals surface area contributed by atoms with Crippen LogP contribution in [0.5, 0.6) is 0 Å². The van der Waals surface area contributed by atoms with Crippen LogP contribution in [0.3, 0.4) is 0 Å². The molecule has 0 amide bonds. The summed E-state index contributed by atoms with van der Waals surface area (Å²) in [5.41, 5.74) is 2.79. The number of piperidine rings is 1. The highest BCUT2D eigenvalue weighted by Crippen LogP contribution is 2.47. The van der Waals surface area contributed by atoms with Crippen LogP contribution < -0.4 is 10.6 Å². The van der Waals surface area contributed by atoms with Crippen molar-refractivity contribution in [3.05, 3.63) is 47.7 Å². The van der Waals surface area contributed by atoms with E-state index in [0.717, 1.165) is 44.5 Å². The van der Waals surface area contributed by atoms with Crippen LogP contribution in [0.2, 0.25) is 0 Å². The van der Waals surface area contributed by atoms with Crippen molar-refractivity contribution in [3.63, 3.8) is 0 Å². The maximum absolute atomic E-state index is 5.48. The Morgan fingerprint density at radius 3 is 2.82 bits per heavy atom. The molecule has 1 spiro atoms. The lowest BCUT2D eigenvalue weighted by molar-refractivity contribution is 0.119. The van der Waals surface area contributed by atoms with Gasteiger partial charge in [-0.2, -0.15) is 0 Å². The lowest BCUT2D eigenvalue weighted by Gasteiger charge is -2.58. The van der Waals surface area contributed by atoms with E-state index in [-0.39, 0.29) is 11.1 Å². The number of nitrogens with one attached hydrogen (secondary N) is 2. The fourth-order valence-electron chi connectivity index (χ4n) is 4.24. The number of ether oxygens (including phenoxy) is 1. The van der Waals surface area contributed by atoms with E-state index in [2.05, 4.69) is 53.0 Å². The second-order valence-electron chi connectivity index (χ2n) is 6.88. The number of piperazine rings is 1. The Labute approximate surface area is 132 Å². The van der Waals surface area contributed by atoms with Crippen molar-refractivity contribution in [1.82, 2.24) is 15.5 Å². The first-order valence-electron chi connectivity index (χ1n) is 8.30. The molecule has 22 heavy (non-hydrogen) atoms. The minimum Gasteiger partial charge on any atom is -0.497 e. The van der Waals surface area contributed by atoms with Gasteiger partial charge in [-0.1, -0.05) is 12.2 Å². The first-order valence-corrected chi connectivity index (χ1v) is 8.30. The van der Waals surface area contributed by atoms with Crippen molar-refractivity contribution in [1.29, 1.82) is 0 Å². The first kappa shape index (κ1) is 13.9. The zero-order valence-electron chi connectivity index (χ0n) is 13.5. The molecule has 2 saturated heterocycles. The molecule has 2 N–H and O–H groups in total. The molecule has 0 bridgehead atoms. The SMILES string of the molecule is COC1=CCC2(C)C(=C1)NC1(CCNCC1)C1=CCC=CN12. The Morgan fingerprint density at radius 2 is 2.05 bits per heavy atom. The number of allylic oxidation sites excluding steroid dienone is 3. The third-order valence-corrected chi connectivity index (χ3v) is 5.62. The molecule has 3 aliphatic heterocycles.